The molecule has 0 bridgehead atoms. The molecule has 1 aromatic heterocycles. The van der Waals surface area contributed by atoms with Crippen LogP contribution in [0.5, 0.6) is 0 Å². The molecule has 0 radical (unpaired) electrons. The average Bonchev–Trinajstić information content (AvgIpc) is 3.15. The monoisotopic (exact) mass is 414 g/mol. The molecule has 29 heavy (non-hydrogen) atoms. The molecule has 0 spiro atoms. The molecule has 1 heterocycles. The highest BCUT2D eigenvalue weighted by atomic mass is 16.4. The summed E-state index contributed by atoms with van der Waals surface area (Å²) in [5, 5.41) is 34.6. The number of imidazole rings is 1. The fourth-order valence-electron chi connectivity index (χ4n) is 2.23. The van der Waals surface area contributed by atoms with Crippen molar-refractivity contribution in [2.45, 2.75) is 50.5 Å². The Balaban J connectivity index is 2.99. The highest BCUT2D eigenvalue weighted by Crippen LogP contribution is 2.03. The molecule has 0 aliphatic rings. The van der Waals surface area contributed by atoms with Crippen LogP contribution in [0.4, 0.5) is 0 Å². The van der Waals surface area contributed by atoms with Crippen LogP contribution in [-0.4, -0.2) is 85.9 Å². The van der Waals surface area contributed by atoms with Crippen LogP contribution < -0.4 is 21.7 Å². The summed E-state index contributed by atoms with van der Waals surface area (Å²) in [4.78, 5) is 54.4. The molecule has 13 nitrogen and oxygen atoms in total. The van der Waals surface area contributed by atoms with Gasteiger partial charge < -0.3 is 42.0 Å². The van der Waals surface area contributed by atoms with Gasteiger partial charge in [-0.05, 0) is 13.8 Å². The first-order valence-corrected chi connectivity index (χ1v) is 8.72. The van der Waals surface area contributed by atoms with E-state index in [9.17, 15) is 24.3 Å². The van der Waals surface area contributed by atoms with Crippen molar-refractivity contribution in [2.24, 2.45) is 5.73 Å². The molecule has 5 atom stereocenters. The van der Waals surface area contributed by atoms with Crippen molar-refractivity contribution in [2.75, 3.05) is 6.61 Å². The number of carboxylic acid groups (broad SMARTS) is 1. The second-order valence-electron chi connectivity index (χ2n) is 6.44. The van der Waals surface area contributed by atoms with Gasteiger partial charge in [-0.25, -0.2) is 9.78 Å². The van der Waals surface area contributed by atoms with Gasteiger partial charge in [-0.3, -0.25) is 14.4 Å². The lowest BCUT2D eigenvalue weighted by Gasteiger charge is -2.25. The summed E-state index contributed by atoms with van der Waals surface area (Å²) in [5.41, 5.74) is 5.90. The van der Waals surface area contributed by atoms with Crippen molar-refractivity contribution in [3.8, 4) is 0 Å². The predicted molar refractivity (Wildman–Crippen MR) is 98.1 cm³/mol. The van der Waals surface area contributed by atoms with E-state index < -0.39 is 60.6 Å². The smallest absolute Gasteiger partial charge is 0.328 e. The van der Waals surface area contributed by atoms with Crippen molar-refractivity contribution < 1.29 is 34.5 Å². The van der Waals surface area contributed by atoms with Gasteiger partial charge in [0.05, 0.1) is 25.1 Å². The maximum atomic E-state index is 12.6. The number of aromatic amines is 1. The lowest BCUT2D eigenvalue weighted by atomic mass is 10.1. The number of hydrogen-bond acceptors (Lipinski definition) is 8. The molecule has 162 valence electrons. The molecule has 3 amide bonds. The zero-order chi connectivity index (χ0) is 22.1. The van der Waals surface area contributed by atoms with Gasteiger partial charge in [-0.2, -0.15) is 0 Å². The number of rotatable bonds is 11. The number of nitrogens with two attached hydrogens (primary N) is 1. The van der Waals surface area contributed by atoms with Gasteiger partial charge in [-0.15, -0.1) is 0 Å². The number of nitrogens with zero attached hydrogens (tertiary/aromatic N) is 1. The number of H-pyrrole nitrogens is 1. The second-order valence-corrected chi connectivity index (χ2v) is 6.44. The molecule has 0 aromatic carbocycles. The van der Waals surface area contributed by atoms with Crippen LogP contribution >= 0.6 is 0 Å². The fraction of sp³-hybridized carbons (Fsp3) is 0.562. The molecule has 0 saturated heterocycles. The molecule has 1 aromatic rings. The summed E-state index contributed by atoms with van der Waals surface area (Å²) in [5.74, 6) is -3.92. The van der Waals surface area contributed by atoms with Gasteiger partial charge in [0.15, 0.2) is 0 Å². The van der Waals surface area contributed by atoms with E-state index in [1.54, 1.807) is 0 Å². The van der Waals surface area contributed by atoms with Crippen LogP contribution in [0.25, 0.3) is 0 Å². The fourth-order valence-corrected chi connectivity index (χ4v) is 2.23. The van der Waals surface area contributed by atoms with E-state index >= 15 is 0 Å². The lowest BCUT2D eigenvalue weighted by Crippen LogP contribution is -2.60. The van der Waals surface area contributed by atoms with Crippen LogP contribution in [0, 0.1) is 0 Å². The topological polar surface area (TPSA) is 220 Å². The van der Waals surface area contributed by atoms with Gasteiger partial charge >= 0.3 is 5.97 Å². The average molecular weight is 414 g/mol. The maximum absolute atomic E-state index is 12.6. The van der Waals surface area contributed by atoms with Crippen molar-refractivity contribution >= 4 is 23.7 Å². The Morgan fingerprint density at radius 3 is 2.17 bits per heavy atom. The van der Waals surface area contributed by atoms with E-state index in [0.717, 1.165) is 0 Å². The predicted octanol–water partition coefficient (Wildman–Crippen LogP) is -3.79. The molecule has 0 fully saturated rings. The number of carbonyl (C=O) groups excluding carboxylic acids is 3. The van der Waals surface area contributed by atoms with E-state index in [1.165, 1.54) is 26.4 Å². The zero-order valence-electron chi connectivity index (χ0n) is 16.0. The Morgan fingerprint density at radius 1 is 1.10 bits per heavy atom. The van der Waals surface area contributed by atoms with Crippen LogP contribution in [0.1, 0.15) is 19.5 Å². The SMILES string of the molecule is CC(N)C(=O)NC(C(=O)NC(Cc1cnc[nH]1)C(=O)NC(CO)C(=O)O)C(C)O. The number of carboxylic acids is 1. The van der Waals surface area contributed by atoms with Gasteiger partial charge in [0, 0.05) is 18.3 Å². The van der Waals surface area contributed by atoms with Gasteiger partial charge in [0.2, 0.25) is 17.7 Å². The molecule has 9 N–H and O–H groups in total. The first-order chi connectivity index (χ1) is 13.6. The summed E-state index contributed by atoms with van der Waals surface area (Å²) in [6.07, 6.45) is 1.35. The Kier molecular flexibility index (Phi) is 9.18. The number of aliphatic carboxylic acids is 1. The molecule has 5 unspecified atom stereocenters. The number of carbonyl (C=O) groups is 4. The van der Waals surface area contributed by atoms with Crippen LogP contribution in [-0.2, 0) is 25.6 Å². The van der Waals surface area contributed by atoms with Crippen LogP contribution in [0.15, 0.2) is 12.5 Å². The van der Waals surface area contributed by atoms with E-state index in [2.05, 4.69) is 25.9 Å². The standard InChI is InChI=1S/C16H26N6O7/c1-7(17)13(25)22-12(8(2)24)15(27)20-10(3-9-4-18-6-19-9)14(26)21-11(5-23)16(28)29/h4,6-8,10-12,23-24H,3,5,17H2,1-2H3,(H,18,19)(H,20,27)(H,21,26)(H,22,25)(H,28,29). The van der Waals surface area contributed by atoms with Crippen molar-refractivity contribution in [3.63, 3.8) is 0 Å². The molecular weight excluding hydrogens is 388 g/mol. The van der Waals surface area contributed by atoms with Gasteiger partial charge in [-0.1, -0.05) is 0 Å². The van der Waals surface area contributed by atoms with E-state index in [1.807, 2.05) is 0 Å². The maximum Gasteiger partial charge on any atom is 0.328 e. The van der Waals surface area contributed by atoms with E-state index in [4.69, 9.17) is 15.9 Å². The molecule has 1 rings (SSSR count). The normalized spacial score (nSPS) is 16.0. The summed E-state index contributed by atoms with van der Waals surface area (Å²) in [7, 11) is 0. The summed E-state index contributed by atoms with van der Waals surface area (Å²) in [6, 6.07) is -5.20. The molecular formula is C16H26N6O7. The minimum atomic E-state index is -1.57. The van der Waals surface area contributed by atoms with E-state index in [-0.39, 0.29) is 6.42 Å². The van der Waals surface area contributed by atoms with Crippen molar-refractivity contribution in [1.29, 1.82) is 0 Å². The highest BCUT2D eigenvalue weighted by Gasteiger charge is 2.32. The number of aromatic nitrogens is 2. The Bertz CT molecular complexity index is 707. The first kappa shape index (κ1) is 24.0. The third-order valence-electron chi connectivity index (χ3n) is 3.89. The summed E-state index contributed by atoms with van der Waals surface area (Å²) < 4.78 is 0. The third kappa shape index (κ3) is 7.48. The lowest BCUT2D eigenvalue weighted by molar-refractivity contribution is -0.143. The third-order valence-corrected chi connectivity index (χ3v) is 3.89. The van der Waals surface area contributed by atoms with Crippen LogP contribution in [0.3, 0.4) is 0 Å². The minimum Gasteiger partial charge on any atom is -0.480 e. The number of hydrogen-bond donors (Lipinski definition) is 8. The Morgan fingerprint density at radius 2 is 1.72 bits per heavy atom. The van der Waals surface area contributed by atoms with Crippen molar-refractivity contribution in [1.82, 2.24) is 25.9 Å². The number of aliphatic hydroxyl groups is 2. The molecule has 0 saturated carbocycles. The van der Waals surface area contributed by atoms with Gasteiger partial charge in [0.1, 0.15) is 18.1 Å². The molecule has 13 heteroatoms. The number of aliphatic hydroxyl groups excluding tert-OH is 2. The molecule has 0 aliphatic heterocycles. The highest BCUT2D eigenvalue weighted by molar-refractivity contribution is 5.94. The second kappa shape index (κ2) is 11.1. The molecule has 0 aliphatic carbocycles. The van der Waals surface area contributed by atoms with Crippen LogP contribution in [0.2, 0.25) is 0 Å². The minimum absolute atomic E-state index is 0.0941. The van der Waals surface area contributed by atoms with Crippen molar-refractivity contribution in [3.05, 3.63) is 18.2 Å². The quantitative estimate of drug-likeness (QED) is 0.178. The van der Waals surface area contributed by atoms with E-state index in [0.29, 0.717) is 5.69 Å². The number of nitrogens with one attached hydrogen (secondary N) is 4. The summed E-state index contributed by atoms with van der Waals surface area (Å²) in [6.45, 7) is 1.80. The van der Waals surface area contributed by atoms with Gasteiger partial charge in [0.25, 0.3) is 0 Å². The summed E-state index contributed by atoms with van der Waals surface area (Å²) >= 11 is 0. The first-order valence-electron chi connectivity index (χ1n) is 8.72. The number of amides is 3. The Hall–Kier alpha value is -3.03. The largest absolute Gasteiger partial charge is 0.480 e. The Labute approximate surface area is 166 Å². The zero-order valence-corrected chi connectivity index (χ0v) is 16.0.